The highest BCUT2D eigenvalue weighted by Gasteiger charge is 2.39. The van der Waals surface area contributed by atoms with E-state index in [4.69, 9.17) is 34.8 Å². The van der Waals surface area contributed by atoms with Crippen LogP contribution in [0.2, 0.25) is 15.1 Å². The van der Waals surface area contributed by atoms with Gasteiger partial charge in [0.05, 0.1) is 16.6 Å². The molecule has 1 atom stereocenters. The van der Waals surface area contributed by atoms with Crippen LogP contribution < -0.4 is 5.69 Å². The van der Waals surface area contributed by atoms with Crippen molar-refractivity contribution in [3.05, 3.63) is 73.0 Å². The molecule has 2 aromatic carbocycles. The SMILES string of the molecule is O=c1n(Cc2nnc(-c3cccc(Cl)c3Cl)s2)nc(-c2ccc(Cl)cc2)n1CC(O)C(F)(F)F. The van der Waals surface area contributed by atoms with Crippen molar-refractivity contribution in [3.63, 3.8) is 0 Å². The van der Waals surface area contributed by atoms with E-state index in [0.717, 1.165) is 20.6 Å². The summed E-state index contributed by atoms with van der Waals surface area (Å²) in [5, 5.41) is 23.7. The molecular formula is C20H13Cl3F3N5O2S. The molecule has 2 aromatic heterocycles. The molecule has 34 heavy (non-hydrogen) atoms. The molecule has 2 heterocycles. The Bertz CT molecular complexity index is 1390. The predicted molar refractivity (Wildman–Crippen MR) is 123 cm³/mol. The Morgan fingerprint density at radius 2 is 1.76 bits per heavy atom. The fraction of sp³-hybridized carbons (Fsp3) is 0.200. The lowest BCUT2D eigenvalue weighted by atomic mass is 10.2. The first-order chi connectivity index (χ1) is 16.0. The monoisotopic (exact) mass is 549 g/mol. The van der Waals surface area contributed by atoms with Crippen LogP contribution in [0.3, 0.4) is 0 Å². The normalized spacial score (nSPS) is 12.8. The molecule has 14 heteroatoms. The minimum Gasteiger partial charge on any atom is -0.382 e. The Labute approximate surface area is 209 Å². The summed E-state index contributed by atoms with van der Waals surface area (Å²) in [7, 11) is 0. The highest BCUT2D eigenvalue weighted by molar-refractivity contribution is 7.14. The van der Waals surface area contributed by atoms with Gasteiger partial charge in [0.25, 0.3) is 0 Å². The lowest BCUT2D eigenvalue weighted by Crippen LogP contribution is -2.37. The fourth-order valence-corrected chi connectivity index (χ4v) is 4.45. The Morgan fingerprint density at radius 1 is 1.06 bits per heavy atom. The molecule has 0 spiro atoms. The van der Waals surface area contributed by atoms with E-state index in [9.17, 15) is 23.1 Å². The summed E-state index contributed by atoms with van der Waals surface area (Å²) < 4.78 is 40.7. The van der Waals surface area contributed by atoms with Crippen LogP contribution in [0.1, 0.15) is 5.01 Å². The van der Waals surface area contributed by atoms with Crippen LogP contribution in [0.5, 0.6) is 0 Å². The predicted octanol–water partition coefficient (Wildman–Crippen LogP) is 5.16. The Morgan fingerprint density at radius 3 is 2.44 bits per heavy atom. The Hall–Kier alpha value is -2.44. The van der Waals surface area contributed by atoms with Crippen LogP contribution in [0, 0.1) is 0 Å². The first-order valence-electron chi connectivity index (χ1n) is 9.49. The van der Waals surface area contributed by atoms with Crippen molar-refractivity contribution in [1.82, 2.24) is 24.5 Å². The minimum absolute atomic E-state index is 0.0624. The van der Waals surface area contributed by atoms with Crippen LogP contribution >= 0.6 is 46.1 Å². The topological polar surface area (TPSA) is 85.8 Å². The van der Waals surface area contributed by atoms with Crippen molar-refractivity contribution in [1.29, 1.82) is 0 Å². The number of nitrogens with zero attached hydrogens (tertiary/aromatic N) is 5. The van der Waals surface area contributed by atoms with E-state index in [0.29, 0.717) is 36.2 Å². The van der Waals surface area contributed by atoms with Gasteiger partial charge in [-0.3, -0.25) is 4.57 Å². The van der Waals surface area contributed by atoms with Gasteiger partial charge < -0.3 is 5.11 Å². The number of hydrogen-bond acceptors (Lipinski definition) is 6. The molecule has 0 aliphatic heterocycles. The molecule has 0 fully saturated rings. The summed E-state index contributed by atoms with van der Waals surface area (Å²) in [6.45, 7) is -1.19. The van der Waals surface area contributed by atoms with Crippen molar-refractivity contribution in [2.24, 2.45) is 0 Å². The van der Waals surface area contributed by atoms with Gasteiger partial charge in [-0.15, -0.1) is 15.3 Å². The first-order valence-corrected chi connectivity index (χ1v) is 11.4. The molecule has 4 rings (SSSR count). The van der Waals surface area contributed by atoms with Crippen molar-refractivity contribution >= 4 is 46.1 Å². The third kappa shape index (κ3) is 5.13. The van der Waals surface area contributed by atoms with Gasteiger partial charge in [0.2, 0.25) is 0 Å². The molecule has 0 bridgehead atoms. The van der Waals surface area contributed by atoms with Gasteiger partial charge in [-0.05, 0) is 30.3 Å². The number of hydrogen-bond donors (Lipinski definition) is 1. The summed E-state index contributed by atoms with van der Waals surface area (Å²) in [4.78, 5) is 12.9. The number of aliphatic hydroxyl groups is 1. The van der Waals surface area contributed by atoms with E-state index < -0.39 is 24.5 Å². The second-order valence-corrected chi connectivity index (χ2v) is 9.32. The third-order valence-corrected chi connectivity index (χ3v) is 6.70. The van der Waals surface area contributed by atoms with Gasteiger partial charge in [-0.25, -0.2) is 9.48 Å². The summed E-state index contributed by atoms with van der Waals surface area (Å²) in [6, 6.07) is 11.1. The average molecular weight is 551 g/mol. The number of aromatic nitrogens is 5. The summed E-state index contributed by atoms with van der Waals surface area (Å²) >= 11 is 19.3. The van der Waals surface area contributed by atoms with Crippen molar-refractivity contribution in [2.75, 3.05) is 0 Å². The van der Waals surface area contributed by atoms with Gasteiger partial charge in [0.1, 0.15) is 16.6 Å². The second kappa shape index (κ2) is 9.67. The molecule has 7 nitrogen and oxygen atoms in total. The third-order valence-electron chi connectivity index (χ3n) is 4.69. The molecule has 0 amide bonds. The maximum atomic E-state index is 13.0. The first kappa shape index (κ1) is 24.7. The quantitative estimate of drug-likeness (QED) is 0.358. The van der Waals surface area contributed by atoms with E-state index in [1.54, 1.807) is 18.2 Å². The number of aliphatic hydroxyl groups excluding tert-OH is 1. The van der Waals surface area contributed by atoms with Crippen molar-refractivity contribution in [3.8, 4) is 22.0 Å². The number of benzene rings is 2. The molecule has 178 valence electrons. The van der Waals surface area contributed by atoms with Crippen LogP contribution in [0.4, 0.5) is 13.2 Å². The molecule has 1 unspecified atom stereocenters. The Balaban J connectivity index is 1.71. The van der Waals surface area contributed by atoms with E-state index >= 15 is 0 Å². The molecular weight excluding hydrogens is 538 g/mol. The van der Waals surface area contributed by atoms with E-state index in [2.05, 4.69) is 15.3 Å². The van der Waals surface area contributed by atoms with Gasteiger partial charge in [0, 0.05) is 16.1 Å². The molecule has 0 aliphatic carbocycles. The molecule has 0 aliphatic rings. The smallest absolute Gasteiger partial charge is 0.382 e. The molecule has 0 saturated carbocycles. The average Bonchev–Trinajstić information content (AvgIpc) is 3.36. The van der Waals surface area contributed by atoms with Crippen LogP contribution in [0.15, 0.2) is 47.3 Å². The van der Waals surface area contributed by atoms with Gasteiger partial charge in [-0.1, -0.05) is 58.3 Å². The highest BCUT2D eigenvalue weighted by Crippen LogP contribution is 2.35. The minimum atomic E-state index is -4.91. The molecule has 4 aromatic rings. The maximum absolute atomic E-state index is 13.0. The summed E-state index contributed by atoms with van der Waals surface area (Å²) in [5.74, 6) is -0.0624. The van der Waals surface area contributed by atoms with Crippen LogP contribution in [-0.2, 0) is 13.1 Å². The van der Waals surface area contributed by atoms with E-state index in [1.807, 2.05) is 0 Å². The van der Waals surface area contributed by atoms with E-state index in [1.165, 1.54) is 24.3 Å². The lowest BCUT2D eigenvalue weighted by Gasteiger charge is -2.15. The molecule has 0 saturated heterocycles. The van der Waals surface area contributed by atoms with Crippen LogP contribution in [-0.4, -0.2) is 41.9 Å². The highest BCUT2D eigenvalue weighted by atomic mass is 35.5. The fourth-order valence-electron chi connectivity index (χ4n) is 3.02. The zero-order valence-electron chi connectivity index (χ0n) is 16.8. The zero-order chi connectivity index (χ0) is 24.6. The lowest BCUT2D eigenvalue weighted by molar-refractivity contribution is -0.207. The zero-order valence-corrected chi connectivity index (χ0v) is 19.9. The van der Waals surface area contributed by atoms with Gasteiger partial charge >= 0.3 is 11.9 Å². The maximum Gasteiger partial charge on any atom is 0.416 e. The summed E-state index contributed by atoms with van der Waals surface area (Å²) in [6.07, 6.45) is -7.67. The largest absolute Gasteiger partial charge is 0.416 e. The number of rotatable bonds is 6. The second-order valence-electron chi connectivity index (χ2n) is 7.04. The Kier molecular flexibility index (Phi) is 7.02. The summed E-state index contributed by atoms with van der Waals surface area (Å²) in [5.41, 5.74) is 0.0371. The molecule has 1 N–H and O–H groups in total. The molecule has 0 radical (unpaired) electrons. The van der Waals surface area contributed by atoms with Gasteiger partial charge in [0.15, 0.2) is 11.9 Å². The number of alkyl halides is 3. The van der Waals surface area contributed by atoms with Crippen LogP contribution in [0.25, 0.3) is 22.0 Å². The van der Waals surface area contributed by atoms with Crippen molar-refractivity contribution < 1.29 is 18.3 Å². The van der Waals surface area contributed by atoms with Crippen molar-refractivity contribution in [2.45, 2.75) is 25.4 Å². The van der Waals surface area contributed by atoms with E-state index in [-0.39, 0.29) is 12.4 Å². The standard InChI is InChI=1S/C20H13Cl3F3N5O2S/c21-11-6-4-10(5-7-11)17-29-31(19(33)30(17)8-14(32)20(24,25)26)9-15-27-28-18(34-15)12-2-1-3-13(22)16(12)23/h1-7,14,32H,8-9H2. The van der Waals surface area contributed by atoms with Gasteiger partial charge in [-0.2, -0.15) is 13.2 Å². The number of halogens is 6.